The van der Waals surface area contributed by atoms with Crippen LogP contribution in [-0.2, 0) is 19.1 Å². The van der Waals surface area contributed by atoms with Gasteiger partial charge in [-0.3, -0.25) is 9.59 Å². The minimum atomic E-state index is -0.334. The summed E-state index contributed by atoms with van der Waals surface area (Å²) in [7, 11) is 0. The number of esters is 2. The minimum absolute atomic E-state index is 0.0393. The Morgan fingerprint density at radius 3 is 0.926 bits per heavy atom. The summed E-state index contributed by atoms with van der Waals surface area (Å²) >= 11 is 0. The summed E-state index contributed by atoms with van der Waals surface area (Å²) in [5, 5.41) is 0. The van der Waals surface area contributed by atoms with E-state index < -0.39 is 0 Å². The highest BCUT2D eigenvalue weighted by molar-refractivity contribution is 5.74. The van der Waals surface area contributed by atoms with E-state index in [1.54, 1.807) is 0 Å². The average Bonchev–Trinajstić information content (AvgIpc) is 3.86. The third-order valence-corrected chi connectivity index (χ3v) is 19.3. The van der Waals surface area contributed by atoms with E-state index in [1.807, 2.05) is 36.4 Å². The molecule has 4 bridgehead atoms. The van der Waals surface area contributed by atoms with Gasteiger partial charge in [0.25, 0.3) is 0 Å². The smallest absolute Gasteiger partial charge is 0.306 e. The number of benzene rings is 6. The quantitative estimate of drug-likeness (QED) is 0.0964. The van der Waals surface area contributed by atoms with E-state index in [0.717, 1.165) is 36.8 Å². The van der Waals surface area contributed by atoms with Gasteiger partial charge in [0, 0.05) is 46.3 Å². The lowest BCUT2D eigenvalue weighted by molar-refractivity contribution is -0.164. The molecule has 4 aliphatic carbocycles. The van der Waals surface area contributed by atoms with Gasteiger partial charge in [0.1, 0.15) is 12.2 Å². The number of rotatable bonds is 15. The lowest BCUT2D eigenvalue weighted by Gasteiger charge is -2.42. The van der Waals surface area contributed by atoms with Crippen molar-refractivity contribution in [1.29, 1.82) is 0 Å². The van der Waals surface area contributed by atoms with Crippen molar-refractivity contribution in [2.24, 2.45) is 45.3 Å². The topological polar surface area (TPSA) is 52.6 Å². The maximum absolute atomic E-state index is 15.2. The lowest BCUT2D eigenvalue weighted by atomic mass is 9.68. The summed E-state index contributed by atoms with van der Waals surface area (Å²) < 4.78 is 14.2. The van der Waals surface area contributed by atoms with Crippen LogP contribution in [0.4, 0.5) is 0 Å². The summed E-state index contributed by atoms with van der Waals surface area (Å²) in [6.45, 7) is 14.4. The van der Waals surface area contributed by atoms with E-state index in [1.165, 1.54) is 22.3 Å². The Kier molecular flexibility index (Phi) is 12.4. The third-order valence-electron chi connectivity index (χ3n) is 19.3. The van der Waals surface area contributed by atoms with Crippen LogP contribution in [0.1, 0.15) is 137 Å². The van der Waals surface area contributed by atoms with Gasteiger partial charge in [-0.25, -0.2) is 0 Å². The highest BCUT2D eigenvalue weighted by Gasteiger charge is 2.70. The Balaban J connectivity index is 0.986. The van der Waals surface area contributed by atoms with Crippen LogP contribution in [-0.4, -0.2) is 24.1 Å². The van der Waals surface area contributed by atoms with Crippen molar-refractivity contribution in [3.05, 3.63) is 215 Å². The number of fused-ring (bicyclic) bond motifs is 4. The molecule has 10 atom stereocenters. The molecule has 10 rings (SSSR count). The molecule has 0 radical (unpaired) electrons. The fourth-order valence-corrected chi connectivity index (χ4v) is 15.0. The van der Waals surface area contributed by atoms with E-state index in [4.69, 9.17) is 9.47 Å². The molecule has 0 spiro atoms. The predicted molar refractivity (Wildman–Crippen MR) is 273 cm³/mol. The lowest BCUT2D eigenvalue weighted by Crippen LogP contribution is -2.43. The molecule has 0 aliphatic heterocycles. The minimum Gasteiger partial charge on any atom is -0.461 e. The second kappa shape index (κ2) is 18.3. The first-order valence-electron chi connectivity index (χ1n) is 25.5. The van der Waals surface area contributed by atoms with E-state index in [2.05, 4.69) is 187 Å². The normalized spacial score (nSPS) is 28.4. The highest BCUT2D eigenvalue weighted by atomic mass is 16.6. The van der Waals surface area contributed by atoms with Gasteiger partial charge in [-0.1, -0.05) is 224 Å². The summed E-state index contributed by atoms with van der Waals surface area (Å²) in [5.41, 5.74) is 6.59. The number of hydrogen-bond acceptors (Lipinski definition) is 4. The average molecular weight is 903 g/mol. The van der Waals surface area contributed by atoms with E-state index in [0.29, 0.717) is 11.8 Å². The number of carbonyl (C=O) groups is 2. The molecule has 0 unspecified atom stereocenters. The van der Waals surface area contributed by atoms with Crippen molar-refractivity contribution >= 4 is 11.9 Å². The molecule has 0 amide bonds. The molecule has 4 saturated carbocycles. The monoisotopic (exact) mass is 903 g/mol. The Labute approximate surface area is 405 Å². The van der Waals surface area contributed by atoms with Gasteiger partial charge in [0.15, 0.2) is 0 Å². The number of ether oxygens (including phenoxy) is 2. The summed E-state index contributed by atoms with van der Waals surface area (Å²) in [4.78, 5) is 30.4. The largest absolute Gasteiger partial charge is 0.461 e. The summed E-state index contributed by atoms with van der Waals surface area (Å²) in [5.74, 6) is 0.0138. The zero-order valence-electron chi connectivity index (χ0n) is 41.0. The Morgan fingerprint density at radius 1 is 0.412 bits per heavy atom. The van der Waals surface area contributed by atoms with Crippen molar-refractivity contribution in [3.8, 4) is 0 Å². The maximum atomic E-state index is 15.2. The van der Waals surface area contributed by atoms with Crippen LogP contribution in [0.5, 0.6) is 0 Å². The Bertz CT molecular complexity index is 2380. The number of hydrogen-bond donors (Lipinski definition) is 0. The first-order valence-corrected chi connectivity index (χ1v) is 25.5. The molecule has 0 saturated heterocycles. The molecule has 4 fully saturated rings. The zero-order chi connectivity index (χ0) is 47.3. The highest BCUT2D eigenvalue weighted by Crippen LogP contribution is 2.72. The van der Waals surface area contributed by atoms with Crippen LogP contribution < -0.4 is 0 Å². The zero-order valence-corrected chi connectivity index (χ0v) is 41.0. The molecule has 6 aromatic carbocycles. The van der Waals surface area contributed by atoms with Gasteiger partial charge >= 0.3 is 11.9 Å². The Morgan fingerprint density at radius 2 is 0.662 bits per heavy atom. The number of carbonyl (C=O) groups excluding carboxylic acids is 2. The van der Waals surface area contributed by atoms with Crippen LogP contribution >= 0.6 is 0 Å². The molecule has 4 heteroatoms. The SMILES string of the molecule is CC1(C)[C@@H]2CC[C@@]1(C)[C@H](OC(=O)C[C@@H](c1ccccc1)[C@@H](CC(=O)O[C@@H]1[C@H](C(c3ccccc3)c3ccccc3)[C@H]3CC[C@]1(C)C3(C)C)c1ccccc1)[C@@H]2C(c1ccccc1)c1ccccc1. The van der Waals surface area contributed by atoms with Crippen molar-refractivity contribution in [2.45, 2.75) is 116 Å². The molecule has 68 heavy (non-hydrogen) atoms. The molecular weight excluding hydrogens is 833 g/mol. The first kappa shape index (κ1) is 46.0. The molecule has 0 aromatic heterocycles. The fourth-order valence-electron chi connectivity index (χ4n) is 15.0. The summed E-state index contributed by atoms with van der Waals surface area (Å²) in [6.07, 6.45) is 3.98. The standard InChI is InChI=1S/C64H70O4/c1-61(2)51-37-39-63(61,5)59(57(51)55(45-29-17-9-18-30-45)46-31-19-10-20-32-46)67-53(65)41-49(43-25-13-7-14-26-43)50(44-27-15-8-16-28-44)42-54(66)68-60-58(52-38-40-64(60,6)62(52,3)4)56(47-33-21-11-22-34-47)48-35-23-12-24-36-48/h7-36,49-52,55-60H,37-42H2,1-6H3/t49-,50-,51+,52+,57-,58-,59+,60+,63-,64-/m0/s1. The van der Waals surface area contributed by atoms with Crippen LogP contribution in [0.3, 0.4) is 0 Å². The van der Waals surface area contributed by atoms with Crippen molar-refractivity contribution in [2.75, 3.05) is 0 Å². The predicted octanol–water partition coefficient (Wildman–Crippen LogP) is 15.0. The first-order chi connectivity index (χ1) is 32.8. The second-order valence-electron chi connectivity index (χ2n) is 22.6. The van der Waals surface area contributed by atoms with Gasteiger partial charge in [-0.05, 0) is 81.7 Å². The van der Waals surface area contributed by atoms with E-state index in [9.17, 15) is 0 Å². The van der Waals surface area contributed by atoms with Crippen LogP contribution in [0.2, 0.25) is 0 Å². The van der Waals surface area contributed by atoms with E-state index in [-0.39, 0.29) is 94.2 Å². The van der Waals surface area contributed by atoms with Gasteiger partial charge in [0.05, 0.1) is 12.8 Å². The van der Waals surface area contributed by atoms with Crippen LogP contribution in [0.15, 0.2) is 182 Å². The molecule has 4 aliphatic rings. The molecule has 0 N–H and O–H groups in total. The van der Waals surface area contributed by atoms with Gasteiger partial charge in [0.2, 0.25) is 0 Å². The van der Waals surface area contributed by atoms with Gasteiger partial charge in [-0.15, -0.1) is 0 Å². The molecule has 6 aromatic rings. The van der Waals surface area contributed by atoms with Crippen molar-refractivity contribution < 1.29 is 19.1 Å². The Hall–Kier alpha value is -5.74. The molecule has 350 valence electrons. The third kappa shape index (κ3) is 7.84. The second-order valence-corrected chi connectivity index (χ2v) is 22.6. The fraction of sp³-hybridized carbons (Fsp3) is 0.406. The van der Waals surface area contributed by atoms with Crippen LogP contribution in [0.25, 0.3) is 0 Å². The van der Waals surface area contributed by atoms with Crippen molar-refractivity contribution in [3.63, 3.8) is 0 Å². The summed E-state index contributed by atoms with van der Waals surface area (Å²) in [6, 6.07) is 64.1. The van der Waals surface area contributed by atoms with Gasteiger partial charge < -0.3 is 9.47 Å². The van der Waals surface area contributed by atoms with Gasteiger partial charge in [-0.2, -0.15) is 0 Å². The van der Waals surface area contributed by atoms with Crippen LogP contribution in [0, 0.1) is 45.3 Å². The maximum Gasteiger partial charge on any atom is 0.306 e. The molecular formula is C64H70O4. The van der Waals surface area contributed by atoms with E-state index >= 15 is 9.59 Å². The molecule has 0 heterocycles. The molecule has 4 nitrogen and oxygen atoms in total. The van der Waals surface area contributed by atoms with Crippen molar-refractivity contribution in [1.82, 2.24) is 0 Å².